The van der Waals surface area contributed by atoms with Gasteiger partial charge in [-0.25, -0.2) is 13.2 Å². The molecule has 3 rings (SSSR count). The topological polar surface area (TPSA) is 35.5 Å². The van der Waals surface area contributed by atoms with E-state index in [2.05, 4.69) is 5.32 Å². The van der Waals surface area contributed by atoms with Crippen molar-refractivity contribution in [1.82, 2.24) is 10.2 Å². The van der Waals surface area contributed by atoms with Crippen molar-refractivity contribution < 1.29 is 18.3 Å². The zero-order chi connectivity index (χ0) is 14.3. The van der Waals surface area contributed by atoms with E-state index in [1.807, 2.05) is 4.90 Å². The van der Waals surface area contributed by atoms with Crippen molar-refractivity contribution in [3.8, 4) is 5.75 Å². The Labute approximate surface area is 115 Å². The zero-order valence-corrected chi connectivity index (χ0v) is 11.0. The van der Waals surface area contributed by atoms with Crippen molar-refractivity contribution in [2.45, 2.75) is 18.9 Å². The van der Waals surface area contributed by atoms with Gasteiger partial charge in [0.15, 0.2) is 17.5 Å². The Morgan fingerprint density at radius 1 is 1.15 bits per heavy atom. The molecule has 0 spiro atoms. The number of nitrogens with zero attached hydrogens (tertiary/aromatic N) is 1. The van der Waals surface area contributed by atoms with Gasteiger partial charge in [-0.2, -0.15) is 0 Å². The Morgan fingerprint density at radius 2 is 1.80 bits per heavy atom. The van der Waals surface area contributed by atoms with Gasteiger partial charge >= 0.3 is 0 Å². The third-order valence-electron chi connectivity index (χ3n) is 4.09. The predicted molar refractivity (Wildman–Crippen MR) is 67.9 cm³/mol. The molecule has 0 radical (unpaired) electrons. The van der Waals surface area contributed by atoms with Gasteiger partial charge in [-0.05, 0) is 18.8 Å². The van der Waals surface area contributed by atoms with Gasteiger partial charge in [0.05, 0.1) is 5.56 Å². The van der Waals surface area contributed by atoms with Crippen LogP contribution < -0.4 is 5.32 Å². The molecular weight excluding hydrogens is 269 g/mol. The molecule has 1 heterocycles. The Hall–Kier alpha value is -1.27. The van der Waals surface area contributed by atoms with Gasteiger partial charge in [0.1, 0.15) is 5.75 Å². The lowest BCUT2D eigenvalue weighted by molar-refractivity contribution is 0.149. The summed E-state index contributed by atoms with van der Waals surface area (Å²) in [4.78, 5) is 2.05. The molecule has 2 N–H and O–H groups in total. The minimum atomic E-state index is -1.50. The van der Waals surface area contributed by atoms with Crippen LogP contribution in [0, 0.1) is 23.4 Å². The maximum absolute atomic E-state index is 14.1. The summed E-state index contributed by atoms with van der Waals surface area (Å²) in [5.74, 6) is -4.38. The van der Waals surface area contributed by atoms with E-state index >= 15 is 0 Å². The van der Waals surface area contributed by atoms with Crippen LogP contribution in [0.5, 0.6) is 5.75 Å². The van der Waals surface area contributed by atoms with Gasteiger partial charge in [0.25, 0.3) is 0 Å². The van der Waals surface area contributed by atoms with E-state index in [0.29, 0.717) is 19.2 Å². The number of benzene rings is 1. The highest BCUT2D eigenvalue weighted by molar-refractivity contribution is 5.38. The molecule has 1 aromatic rings. The molecule has 3 nitrogen and oxygen atoms in total. The summed E-state index contributed by atoms with van der Waals surface area (Å²) in [5, 5.41) is 13.1. The second kappa shape index (κ2) is 5.26. The van der Waals surface area contributed by atoms with Crippen molar-refractivity contribution in [2.24, 2.45) is 5.92 Å². The fourth-order valence-corrected chi connectivity index (χ4v) is 2.97. The summed E-state index contributed by atoms with van der Waals surface area (Å²) in [6, 6.07) is 0.304. The summed E-state index contributed by atoms with van der Waals surface area (Å²) >= 11 is 0. The monoisotopic (exact) mass is 286 g/mol. The first kappa shape index (κ1) is 13.7. The van der Waals surface area contributed by atoms with E-state index in [4.69, 9.17) is 0 Å². The molecule has 6 heteroatoms. The predicted octanol–water partition coefficient (Wildman–Crippen LogP) is 2.17. The average Bonchev–Trinajstić information content (AvgIpc) is 3.26. The normalized spacial score (nSPS) is 21.9. The van der Waals surface area contributed by atoms with Crippen molar-refractivity contribution >= 4 is 0 Å². The molecule has 1 aliphatic carbocycles. The van der Waals surface area contributed by atoms with Crippen molar-refractivity contribution in [3.05, 3.63) is 29.1 Å². The zero-order valence-electron chi connectivity index (χ0n) is 11.0. The summed E-state index contributed by atoms with van der Waals surface area (Å²) in [5.41, 5.74) is -0.0895. The number of hydrogen-bond donors (Lipinski definition) is 2. The van der Waals surface area contributed by atoms with E-state index in [0.717, 1.165) is 25.9 Å². The number of halogens is 3. The fourth-order valence-electron chi connectivity index (χ4n) is 2.97. The van der Waals surface area contributed by atoms with E-state index in [1.165, 1.54) is 0 Å². The van der Waals surface area contributed by atoms with Crippen LogP contribution in [0.1, 0.15) is 24.4 Å². The first-order chi connectivity index (χ1) is 9.59. The fraction of sp³-hybridized carbons (Fsp3) is 0.571. The SMILES string of the molecule is Oc1cc(F)c(F)c(F)c1[C@H](C1CC1)N1CCNCC1. The second-order valence-electron chi connectivity index (χ2n) is 5.49. The lowest BCUT2D eigenvalue weighted by Crippen LogP contribution is -2.46. The molecule has 1 saturated carbocycles. The van der Waals surface area contributed by atoms with Gasteiger partial charge in [-0.15, -0.1) is 0 Å². The minimum absolute atomic E-state index is 0.0895. The lowest BCUT2D eigenvalue weighted by atomic mass is 9.97. The largest absolute Gasteiger partial charge is 0.507 e. The number of rotatable bonds is 3. The first-order valence-corrected chi connectivity index (χ1v) is 6.90. The highest BCUT2D eigenvalue weighted by Crippen LogP contribution is 2.48. The van der Waals surface area contributed by atoms with Gasteiger partial charge in [-0.1, -0.05) is 0 Å². The van der Waals surface area contributed by atoms with Crippen LogP contribution in [-0.2, 0) is 0 Å². The molecular formula is C14H17F3N2O. The number of nitrogens with one attached hydrogen (secondary N) is 1. The summed E-state index contributed by atoms with van der Waals surface area (Å²) in [6.07, 6.45) is 1.85. The molecule has 1 atom stereocenters. The number of phenolic OH excluding ortho intramolecular Hbond substituents is 1. The molecule has 0 bridgehead atoms. The van der Waals surface area contributed by atoms with Crippen molar-refractivity contribution in [2.75, 3.05) is 26.2 Å². The standard InChI is InChI=1S/C14H17F3N2O/c15-9-7-10(20)11(13(17)12(9)16)14(8-1-2-8)19-5-3-18-4-6-19/h7-8,14,18,20H,1-6H2/t14-/m0/s1. The van der Waals surface area contributed by atoms with Crippen LogP contribution in [0.4, 0.5) is 13.2 Å². The van der Waals surface area contributed by atoms with E-state index in [9.17, 15) is 18.3 Å². The lowest BCUT2D eigenvalue weighted by Gasteiger charge is -2.35. The van der Waals surface area contributed by atoms with Gasteiger partial charge < -0.3 is 10.4 Å². The van der Waals surface area contributed by atoms with Crippen LogP contribution >= 0.6 is 0 Å². The Bertz CT molecular complexity index is 514. The van der Waals surface area contributed by atoms with E-state index in [1.54, 1.807) is 0 Å². The number of aromatic hydroxyl groups is 1. The van der Waals surface area contributed by atoms with Crippen molar-refractivity contribution in [3.63, 3.8) is 0 Å². The molecule has 0 aromatic heterocycles. The maximum atomic E-state index is 14.1. The Kier molecular flexibility index (Phi) is 3.60. The summed E-state index contributed by atoms with van der Waals surface area (Å²) in [6.45, 7) is 2.96. The third kappa shape index (κ3) is 2.38. The minimum Gasteiger partial charge on any atom is -0.507 e. The van der Waals surface area contributed by atoms with Crippen LogP contribution in [0.2, 0.25) is 0 Å². The quantitative estimate of drug-likeness (QED) is 0.836. The van der Waals surface area contributed by atoms with Crippen LogP contribution in [-0.4, -0.2) is 36.2 Å². The number of piperazine rings is 1. The van der Waals surface area contributed by atoms with Crippen LogP contribution in [0.15, 0.2) is 6.07 Å². The smallest absolute Gasteiger partial charge is 0.195 e. The van der Waals surface area contributed by atoms with Gasteiger partial charge in [0.2, 0.25) is 0 Å². The maximum Gasteiger partial charge on any atom is 0.195 e. The first-order valence-electron chi connectivity index (χ1n) is 6.90. The van der Waals surface area contributed by atoms with E-state index in [-0.39, 0.29) is 17.5 Å². The molecule has 110 valence electrons. The van der Waals surface area contributed by atoms with E-state index < -0.39 is 23.2 Å². The Morgan fingerprint density at radius 3 is 2.40 bits per heavy atom. The number of hydrogen-bond acceptors (Lipinski definition) is 3. The van der Waals surface area contributed by atoms with Crippen molar-refractivity contribution in [1.29, 1.82) is 0 Å². The number of phenols is 1. The van der Waals surface area contributed by atoms with Gasteiger partial charge in [0, 0.05) is 38.3 Å². The molecule has 0 unspecified atom stereocenters. The third-order valence-corrected chi connectivity index (χ3v) is 4.09. The molecule has 2 fully saturated rings. The molecule has 20 heavy (non-hydrogen) atoms. The summed E-state index contributed by atoms with van der Waals surface area (Å²) < 4.78 is 40.7. The average molecular weight is 286 g/mol. The molecule has 0 amide bonds. The van der Waals surface area contributed by atoms with Crippen LogP contribution in [0.3, 0.4) is 0 Å². The Balaban J connectivity index is 2.01. The molecule has 1 aromatic carbocycles. The highest BCUT2D eigenvalue weighted by Gasteiger charge is 2.40. The molecule has 1 aliphatic heterocycles. The molecule has 2 aliphatic rings. The van der Waals surface area contributed by atoms with Crippen LogP contribution in [0.25, 0.3) is 0 Å². The molecule has 1 saturated heterocycles. The van der Waals surface area contributed by atoms with Gasteiger partial charge in [-0.3, -0.25) is 4.90 Å². The highest BCUT2D eigenvalue weighted by atomic mass is 19.2. The second-order valence-corrected chi connectivity index (χ2v) is 5.49. The summed E-state index contributed by atoms with van der Waals surface area (Å²) in [7, 11) is 0.